The van der Waals surface area contributed by atoms with Crippen molar-refractivity contribution in [2.45, 2.75) is 10.6 Å². The fraction of sp³-hybridized carbons (Fsp3) is 0.143. The second-order valence-corrected chi connectivity index (χ2v) is 6.27. The van der Waals surface area contributed by atoms with Crippen LogP contribution in [-0.4, -0.2) is 15.5 Å². The maximum Gasteiger partial charge on any atom is 0.182 e. The third-order valence-electron chi connectivity index (χ3n) is 2.87. The van der Waals surface area contributed by atoms with Crippen LogP contribution in [0.15, 0.2) is 47.4 Å². The van der Waals surface area contributed by atoms with Gasteiger partial charge < -0.3 is 10.5 Å². The molecule has 0 aliphatic rings. The molecule has 0 saturated heterocycles. The molecule has 0 saturated carbocycles. The number of nitrogens with two attached hydrogens (primary N) is 1. The van der Waals surface area contributed by atoms with E-state index in [-0.39, 0.29) is 16.3 Å². The third-order valence-corrected chi connectivity index (χ3v) is 4.55. The van der Waals surface area contributed by atoms with E-state index in [0.29, 0.717) is 11.3 Å². The zero-order chi connectivity index (χ0) is 14.8. The summed E-state index contributed by atoms with van der Waals surface area (Å²) in [6, 6.07) is 9.75. The SMILES string of the molecule is COc1ccc(S(=O)(=O)Cc2ccc(F)cc2N)cc1. The number of ether oxygens (including phenoxy) is 1. The van der Waals surface area contributed by atoms with Crippen molar-refractivity contribution in [3.8, 4) is 5.75 Å². The molecule has 2 aromatic carbocycles. The average molecular weight is 295 g/mol. The van der Waals surface area contributed by atoms with Gasteiger partial charge in [-0.15, -0.1) is 0 Å². The van der Waals surface area contributed by atoms with Crippen molar-refractivity contribution in [1.29, 1.82) is 0 Å². The Morgan fingerprint density at radius 3 is 2.35 bits per heavy atom. The first kappa shape index (κ1) is 14.3. The van der Waals surface area contributed by atoms with E-state index in [9.17, 15) is 12.8 Å². The number of methoxy groups -OCH3 is 1. The zero-order valence-electron chi connectivity index (χ0n) is 10.8. The molecular formula is C14H14FNO3S. The highest BCUT2D eigenvalue weighted by molar-refractivity contribution is 7.90. The van der Waals surface area contributed by atoms with Gasteiger partial charge in [-0.2, -0.15) is 0 Å². The van der Waals surface area contributed by atoms with Crippen molar-refractivity contribution >= 4 is 15.5 Å². The van der Waals surface area contributed by atoms with Crippen LogP contribution >= 0.6 is 0 Å². The predicted molar refractivity (Wildman–Crippen MR) is 74.7 cm³/mol. The Kier molecular flexibility index (Phi) is 3.94. The van der Waals surface area contributed by atoms with E-state index >= 15 is 0 Å². The van der Waals surface area contributed by atoms with E-state index in [1.165, 1.54) is 31.4 Å². The van der Waals surface area contributed by atoms with Gasteiger partial charge in [-0.25, -0.2) is 12.8 Å². The van der Waals surface area contributed by atoms with Gasteiger partial charge in [0, 0.05) is 5.69 Å². The molecule has 0 aliphatic carbocycles. The minimum absolute atomic E-state index is 0.127. The topological polar surface area (TPSA) is 69.4 Å². The molecule has 106 valence electrons. The lowest BCUT2D eigenvalue weighted by molar-refractivity contribution is 0.414. The fourth-order valence-electron chi connectivity index (χ4n) is 1.77. The van der Waals surface area contributed by atoms with Crippen LogP contribution < -0.4 is 10.5 Å². The van der Waals surface area contributed by atoms with Crippen molar-refractivity contribution in [2.24, 2.45) is 0 Å². The first-order chi connectivity index (χ1) is 9.42. The molecule has 2 aromatic rings. The number of anilines is 1. The van der Waals surface area contributed by atoms with Gasteiger partial charge in [0.05, 0.1) is 17.8 Å². The number of nitrogen functional groups attached to an aromatic ring is 1. The van der Waals surface area contributed by atoms with Gasteiger partial charge in [-0.3, -0.25) is 0 Å². The summed E-state index contributed by atoms with van der Waals surface area (Å²) < 4.78 is 42.4. The van der Waals surface area contributed by atoms with Gasteiger partial charge in [0.15, 0.2) is 9.84 Å². The summed E-state index contributed by atoms with van der Waals surface area (Å²) in [5, 5.41) is 0. The Morgan fingerprint density at radius 2 is 1.80 bits per heavy atom. The molecule has 2 N–H and O–H groups in total. The number of hydrogen-bond acceptors (Lipinski definition) is 4. The number of rotatable bonds is 4. The van der Waals surface area contributed by atoms with Gasteiger partial charge in [0.25, 0.3) is 0 Å². The molecule has 6 heteroatoms. The van der Waals surface area contributed by atoms with Crippen LogP contribution in [0.2, 0.25) is 0 Å². The Balaban J connectivity index is 2.30. The summed E-state index contributed by atoms with van der Waals surface area (Å²) in [7, 11) is -2.03. The number of sulfone groups is 1. The molecule has 0 heterocycles. The lowest BCUT2D eigenvalue weighted by atomic mass is 10.2. The van der Waals surface area contributed by atoms with E-state index < -0.39 is 15.7 Å². The van der Waals surface area contributed by atoms with Crippen LogP contribution in [0.5, 0.6) is 5.75 Å². The summed E-state index contributed by atoms with van der Waals surface area (Å²) in [6.07, 6.45) is 0. The van der Waals surface area contributed by atoms with Crippen molar-refractivity contribution in [3.63, 3.8) is 0 Å². The van der Waals surface area contributed by atoms with Crippen molar-refractivity contribution in [3.05, 3.63) is 53.8 Å². The molecule has 0 aromatic heterocycles. The lowest BCUT2D eigenvalue weighted by Crippen LogP contribution is -2.07. The molecule has 2 rings (SSSR count). The molecule has 0 fully saturated rings. The maximum atomic E-state index is 12.9. The van der Waals surface area contributed by atoms with Crippen LogP contribution in [-0.2, 0) is 15.6 Å². The Morgan fingerprint density at radius 1 is 1.15 bits per heavy atom. The average Bonchev–Trinajstić information content (AvgIpc) is 2.42. The van der Waals surface area contributed by atoms with Crippen LogP contribution in [0.25, 0.3) is 0 Å². The summed E-state index contributed by atoms with van der Waals surface area (Å²) in [5.74, 6) is -0.191. The lowest BCUT2D eigenvalue weighted by Gasteiger charge is -2.08. The van der Waals surface area contributed by atoms with Gasteiger partial charge >= 0.3 is 0 Å². The van der Waals surface area contributed by atoms with Crippen molar-refractivity contribution in [2.75, 3.05) is 12.8 Å². The first-order valence-corrected chi connectivity index (χ1v) is 7.48. The Labute approximate surface area is 116 Å². The normalized spacial score (nSPS) is 11.3. The Hall–Kier alpha value is -2.08. The minimum atomic E-state index is -3.53. The van der Waals surface area contributed by atoms with E-state index in [1.54, 1.807) is 12.1 Å². The molecule has 0 spiro atoms. The smallest absolute Gasteiger partial charge is 0.182 e. The van der Waals surface area contributed by atoms with E-state index in [0.717, 1.165) is 6.07 Å². The molecule has 0 bridgehead atoms. The minimum Gasteiger partial charge on any atom is -0.497 e. The summed E-state index contributed by atoms with van der Waals surface area (Å²) >= 11 is 0. The van der Waals surface area contributed by atoms with E-state index in [2.05, 4.69) is 0 Å². The van der Waals surface area contributed by atoms with E-state index in [4.69, 9.17) is 10.5 Å². The fourth-order valence-corrected chi connectivity index (χ4v) is 3.16. The maximum absolute atomic E-state index is 12.9. The van der Waals surface area contributed by atoms with Crippen molar-refractivity contribution in [1.82, 2.24) is 0 Å². The van der Waals surface area contributed by atoms with Crippen molar-refractivity contribution < 1.29 is 17.5 Å². The summed E-state index contributed by atoms with van der Waals surface area (Å²) in [5.41, 5.74) is 6.13. The number of halogens is 1. The summed E-state index contributed by atoms with van der Waals surface area (Å²) in [4.78, 5) is 0.169. The Bertz CT molecular complexity index is 712. The van der Waals surface area contributed by atoms with Gasteiger partial charge in [-0.05, 0) is 42.0 Å². The van der Waals surface area contributed by atoms with E-state index in [1.807, 2.05) is 0 Å². The number of hydrogen-bond donors (Lipinski definition) is 1. The van der Waals surface area contributed by atoms with Crippen LogP contribution in [0.4, 0.5) is 10.1 Å². The highest BCUT2D eigenvalue weighted by atomic mass is 32.2. The van der Waals surface area contributed by atoms with Gasteiger partial charge in [0.2, 0.25) is 0 Å². The molecular weight excluding hydrogens is 281 g/mol. The highest BCUT2D eigenvalue weighted by Crippen LogP contribution is 2.22. The predicted octanol–water partition coefficient (Wildman–Crippen LogP) is 2.39. The summed E-state index contributed by atoms with van der Waals surface area (Å²) in [6.45, 7) is 0. The quantitative estimate of drug-likeness (QED) is 0.879. The number of benzene rings is 2. The molecule has 0 atom stereocenters. The first-order valence-electron chi connectivity index (χ1n) is 5.83. The molecule has 0 unspecified atom stereocenters. The molecule has 0 radical (unpaired) electrons. The monoisotopic (exact) mass is 295 g/mol. The largest absolute Gasteiger partial charge is 0.497 e. The second kappa shape index (κ2) is 5.50. The van der Waals surface area contributed by atoms with Crippen LogP contribution in [0.3, 0.4) is 0 Å². The molecule has 0 amide bonds. The molecule has 20 heavy (non-hydrogen) atoms. The van der Waals surface area contributed by atoms with Gasteiger partial charge in [-0.1, -0.05) is 6.07 Å². The standard InChI is InChI=1S/C14H14FNO3S/c1-19-12-4-6-13(7-5-12)20(17,18)9-10-2-3-11(15)8-14(10)16/h2-8H,9,16H2,1H3. The molecule has 0 aliphatic heterocycles. The second-order valence-electron chi connectivity index (χ2n) is 4.28. The highest BCUT2D eigenvalue weighted by Gasteiger charge is 2.17. The third kappa shape index (κ3) is 3.08. The van der Waals surface area contributed by atoms with Crippen LogP contribution in [0.1, 0.15) is 5.56 Å². The van der Waals surface area contributed by atoms with Gasteiger partial charge in [0.1, 0.15) is 11.6 Å². The molecule has 4 nitrogen and oxygen atoms in total. The van der Waals surface area contributed by atoms with Crippen LogP contribution in [0, 0.1) is 5.82 Å². The zero-order valence-corrected chi connectivity index (χ0v) is 11.7.